The van der Waals surface area contributed by atoms with Crippen LogP contribution < -0.4 is 0 Å². The number of hydrogen-bond donors (Lipinski definition) is 0. The van der Waals surface area contributed by atoms with Crippen LogP contribution in [0.5, 0.6) is 0 Å². The standard InChI is InChI=1S/C57H37N3O/c1-6-16-38(17-7-1)42-26-30-45(31-27-42)55-58-56(46-32-28-43(29-33-46)39-18-8-2-9-19-39)60-57(59-55)52-37-48(41-22-12-4-13-23-41)36-51-50-35-47(40-20-10-3-11-21-40)34-49(53(50)61-54(51)52)44-24-14-5-15-25-44/h1-37H. The summed E-state index contributed by atoms with van der Waals surface area (Å²) in [5.41, 5.74) is 15.2. The molecule has 0 aliphatic carbocycles. The van der Waals surface area contributed by atoms with Crippen molar-refractivity contribution < 1.29 is 4.42 Å². The molecule has 0 saturated heterocycles. The molecule has 11 aromatic rings. The van der Waals surface area contributed by atoms with Gasteiger partial charge in [-0.05, 0) is 74.3 Å². The summed E-state index contributed by atoms with van der Waals surface area (Å²) < 4.78 is 7.13. The van der Waals surface area contributed by atoms with E-state index in [1.807, 2.05) is 24.3 Å². The second-order valence-electron chi connectivity index (χ2n) is 15.2. The zero-order valence-electron chi connectivity index (χ0n) is 33.1. The Hall–Kier alpha value is -8.21. The maximum Gasteiger partial charge on any atom is 0.167 e. The molecule has 9 aromatic carbocycles. The summed E-state index contributed by atoms with van der Waals surface area (Å²) in [6.07, 6.45) is 0. The Morgan fingerprint density at radius 1 is 0.230 bits per heavy atom. The molecule has 0 aliphatic heterocycles. The van der Waals surface area contributed by atoms with Gasteiger partial charge in [-0.1, -0.05) is 200 Å². The van der Waals surface area contributed by atoms with E-state index >= 15 is 0 Å². The summed E-state index contributed by atoms with van der Waals surface area (Å²) in [6, 6.07) is 78.1. The number of nitrogens with zero attached hydrogens (tertiary/aromatic N) is 3. The average molecular weight is 780 g/mol. The molecule has 61 heavy (non-hydrogen) atoms. The first-order chi connectivity index (χ1) is 30.2. The largest absolute Gasteiger partial charge is 0.455 e. The van der Waals surface area contributed by atoms with Crippen molar-refractivity contribution in [3.63, 3.8) is 0 Å². The lowest BCUT2D eigenvalue weighted by molar-refractivity contribution is 0.670. The molecule has 286 valence electrons. The van der Waals surface area contributed by atoms with Crippen LogP contribution in [0, 0.1) is 0 Å². The summed E-state index contributed by atoms with van der Waals surface area (Å²) in [7, 11) is 0. The number of hydrogen-bond acceptors (Lipinski definition) is 4. The lowest BCUT2D eigenvalue weighted by atomic mass is 9.94. The van der Waals surface area contributed by atoms with Crippen LogP contribution in [0.3, 0.4) is 0 Å². The minimum Gasteiger partial charge on any atom is -0.455 e. The second kappa shape index (κ2) is 15.5. The number of benzene rings is 9. The predicted molar refractivity (Wildman–Crippen MR) is 251 cm³/mol. The van der Waals surface area contributed by atoms with Crippen molar-refractivity contribution in [2.24, 2.45) is 0 Å². The monoisotopic (exact) mass is 779 g/mol. The van der Waals surface area contributed by atoms with E-state index in [-0.39, 0.29) is 0 Å². The topological polar surface area (TPSA) is 51.8 Å². The van der Waals surface area contributed by atoms with Gasteiger partial charge in [0.05, 0.1) is 5.56 Å². The van der Waals surface area contributed by atoms with Crippen molar-refractivity contribution >= 4 is 21.9 Å². The van der Waals surface area contributed by atoms with Gasteiger partial charge in [-0.25, -0.2) is 15.0 Å². The molecular weight excluding hydrogens is 743 g/mol. The van der Waals surface area contributed by atoms with Gasteiger partial charge >= 0.3 is 0 Å². The molecule has 0 bridgehead atoms. The summed E-state index contributed by atoms with van der Waals surface area (Å²) in [5.74, 6) is 1.69. The van der Waals surface area contributed by atoms with E-state index in [0.29, 0.717) is 17.5 Å². The van der Waals surface area contributed by atoms with E-state index < -0.39 is 0 Å². The Balaban J connectivity index is 1.16. The number of fused-ring (bicyclic) bond motifs is 3. The molecule has 4 nitrogen and oxygen atoms in total. The molecule has 0 saturated carbocycles. The number of rotatable bonds is 8. The minimum atomic E-state index is 0.533. The van der Waals surface area contributed by atoms with Crippen LogP contribution in [0.1, 0.15) is 0 Å². The van der Waals surface area contributed by atoms with Crippen molar-refractivity contribution in [2.45, 2.75) is 0 Å². The van der Waals surface area contributed by atoms with E-state index in [1.165, 1.54) is 0 Å². The molecule has 2 heterocycles. The third-order valence-electron chi connectivity index (χ3n) is 11.3. The fourth-order valence-corrected chi connectivity index (χ4v) is 8.21. The second-order valence-corrected chi connectivity index (χ2v) is 15.2. The van der Waals surface area contributed by atoms with Crippen molar-refractivity contribution in [1.29, 1.82) is 0 Å². The quantitative estimate of drug-likeness (QED) is 0.154. The van der Waals surface area contributed by atoms with E-state index in [1.54, 1.807) is 0 Å². The average Bonchev–Trinajstić information content (AvgIpc) is 3.73. The molecule has 0 spiro atoms. The van der Waals surface area contributed by atoms with Gasteiger partial charge < -0.3 is 4.42 Å². The van der Waals surface area contributed by atoms with E-state index in [0.717, 1.165) is 94.3 Å². The highest BCUT2D eigenvalue weighted by molar-refractivity contribution is 6.15. The Bertz CT molecular complexity index is 3190. The van der Waals surface area contributed by atoms with Gasteiger partial charge in [-0.3, -0.25) is 0 Å². The van der Waals surface area contributed by atoms with Crippen molar-refractivity contribution in [3.05, 3.63) is 224 Å². The van der Waals surface area contributed by atoms with Crippen LogP contribution in [-0.4, -0.2) is 15.0 Å². The molecule has 0 N–H and O–H groups in total. The first-order valence-corrected chi connectivity index (χ1v) is 20.5. The van der Waals surface area contributed by atoms with Crippen LogP contribution >= 0.6 is 0 Å². The van der Waals surface area contributed by atoms with Crippen LogP contribution in [0.4, 0.5) is 0 Å². The van der Waals surface area contributed by atoms with Gasteiger partial charge in [0.25, 0.3) is 0 Å². The summed E-state index contributed by atoms with van der Waals surface area (Å²) >= 11 is 0. The lowest BCUT2D eigenvalue weighted by Crippen LogP contribution is -2.00. The Morgan fingerprint density at radius 3 is 0.934 bits per heavy atom. The Morgan fingerprint density at radius 2 is 0.525 bits per heavy atom. The maximum atomic E-state index is 7.13. The summed E-state index contributed by atoms with van der Waals surface area (Å²) in [4.78, 5) is 15.7. The van der Waals surface area contributed by atoms with Gasteiger partial charge in [0.15, 0.2) is 17.5 Å². The molecule has 0 radical (unpaired) electrons. The van der Waals surface area contributed by atoms with Crippen LogP contribution in [0.2, 0.25) is 0 Å². The van der Waals surface area contributed by atoms with Gasteiger partial charge in [0.2, 0.25) is 0 Å². The highest BCUT2D eigenvalue weighted by Crippen LogP contribution is 2.44. The van der Waals surface area contributed by atoms with Gasteiger partial charge in [-0.15, -0.1) is 0 Å². The number of aromatic nitrogens is 3. The number of furan rings is 1. The van der Waals surface area contributed by atoms with E-state index in [4.69, 9.17) is 19.4 Å². The third-order valence-corrected chi connectivity index (χ3v) is 11.3. The molecule has 0 atom stereocenters. The molecule has 11 rings (SSSR count). The van der Waals surface area contributed by atoms with Crippen molar-refractivity contribution in [2.75, 3.05) is 0 Å². The van der Waals surface area contributed by atoms with Gasteiger partial charge in [0, 0.05) is 27.5 Å². The fourth-order valence-electron chi connectivity index (χ4n) is 8.21. The molecule has 0 fully saturated rings. The third kappa shape index (κ3) is 6.96. The molecule has 4 heteroatoms. The maximum absolute atomic E-state index is 7.13. The molecule has 0 unspecified atom stereocenters. The van der Waals surface area contributed by atoms with E-state index in [2.05, 4.69) is 200 Å². The summed E-state index contributed by atoms with van der Waals surface area (Å²) in [5, 5.41) is 2.01. The minimum absolute atomic E-state index is 0.533. The fraction of sp³-hybridized carbons (Fsp3) is 0. The molecule has 0 amide bonds. The Labute approximate surface area is 354 Å². The lowest BCUT2D eigenvalue weighted by Gasteiger charge is -2.11. The van der Waals surface area contributed by atoms with Crippen molar-refractivity contribution in [1.82, 2.24) is 15.0 Å². The molecular formula is C57H37N3O. The van der Waals surface area contributed by atoms with Crippen molar-refractivity contribution in [3.8, 4) is 89.8 Å². The Kier molecular flexibility index (Phi) is 9.14. The first kappa shape index (κ1) is 35.9. The normalized spacial score (nSPS) is 11.3. The predicted octanol–water partition coefficient (Wildman–Crippen LogP) is 15.1. The highest BCUT2D eigenvalue weighted by Gasteiger charge is 2.22. The SMILES string of the molecule is c1ccc(-c2ccc(-c3nc(-c4ccc(-c5ccccc5)cc4)nc(-c4cc(-c5ccccc5)cc5c4oc4c(-c6ccccc6)cc(-c6ccccc6)cc45)n3)cc2)cc1. The van der Waals surface area contributed by atoms with Crippen LogP contribution in [0.25, 0.3) is 112 Å². The molecule has 0 aliphatic rings. The zero-order chi connectivity index (χ0) is 40.5. The highest BCUT2D eigenvalue weighted by atomic mass is 16.3. The zero-order valence-corrected chi connectivity index (χ0v) is 33.1. The van der Waals surface area contributed by atoms with E-state index in [9.17, 15) is 0 Å². The summed E-state index contributed by atoms with van der Waals surface area (Å²) in [6.45, 7) is 0. The molecule has 2 aromatic heterocycles. The van der Waals surface area contributed by atoms with Crippen LogP contribution in [-0.2, 0) is 0 Å². The first-order valence-electron chi connectivity index (χ1n) is 20.5. The van der Waals surface area contributed by atoms with Crippen LogP contribution in [0.15, 0.2) is 229 Å². The van der Waals surface area contributed by atoms with Gasteiger partial charge in [-0.2, -0.15) is 0 Å². The van der Waals surface area contributed by atoms with Gasteiger partial charge in [0.1, 0.15) is 11.2 Å². The smallest absolute Gasteiger partial charge is 0.167 e.